The first-order chi connectivity index (χ1) is 11.8. The molecular formula is C17H19N3O4S. The van der Waals surface area contributed by atoms with Crippen molar-refractivity contribution < 1.29 is 13.3 Å². The smallest absolute Gasteiger partial charge is 0.270 e. The summed E-state index contributed by atoms with van der Waals surface area (Å²) in [6, 6.07) is 13.8. The lowest BCUT2D eigenvalue weighted by molar-refractivity contribution is -0.385. The van der Waals surface area contributed by atoms with Gasteiger partial charge in [0.25, 0.3) is 5.69 Å². The van der Waals surface area contributed by atoms with E-state index < -0.39 is 14.9 Å². The average molecular weight is 361 g/mol. The summed E-state index contributed by atoms with van der Waals surface area (Å²) >= 11 is 0. The highest BCUT2D eigenvalue weighted by molar-refractivity contribution is 7.89. The first kappa shape index (κ1) is 17.4. The van der Waals surface area contributed by atoms with Gasteiger partial charge in [0.2, 0.25) is 10.0 Å². The lowest BCUT2D eigenvalue weighted by atomic mass is 9.96. The van der Waals surface area contributed by atoms with E-state index in [-0.39, 0.29) is 16.0 Å². The normalized spacial score (nSPS) is 15.6. The minimum atomic E-state index is -4.06. The van der Waals surface area contributed by atoms with Crippen molar-refractivity contribution in [1.82, 2.24) is 0 Å². The monoisotopic (exact) mass is 361 g/mol. The van der Waals surface area contributed by atoms with Crippen molar-refractivity contribution in [1.29, 1.82) is 0 Å². The fourth-order valence-corrected chi connectivity index (χ4v) is 3.64. The predicted molar refractivity (Wildman–Crippen MR) is 94.8 cm³/mol. The number of primary sulfonamides is 1. The number of hydrogen-bond acceptors (Lipinski definition) is 5. The van der Waals surface area contributed by atoms with Crippen LogP contribution in [0.15, 0.2) is 53.4 Å². The fourth-order valence-electron chi connectivity index (χ4n) is 2.91. The number of nitro groups is 1. The first-order valence-corrected chi connectivity index (χ1v) is 9.43. The molecular weight excluding hydrogens is 342 g/mol. The molecule has 25 heavy (non-hydrogen) atoms. The van der Waals surface area contributed by atoms with Crippen LogP contribution >= 0.6 is 0 Å². The Bertz CT molecular complexity index is 893. The van der Waals surface area contributed by atoms with Crippen LogP contribution in [0, 0.1) is 15.5 Å². The molecule has 0 radical (unpaired) electrons. The van der Waals surface area contributed by atoms with Crippen LogP contribution in [0.5, 0.6) is 0 Å². The molecule has 2 aromatic carbocycles. The van der Waals surface area contributed by atoms with Crippen molar-refractivity contribution in [3.8, 4) is 0 Å². The van der Waals surface area contributed by atoms with E-state index in [9.17, 15) is 18.5 Å². The van der Waals surface area contributed by atoms with Crippen molar-refractivity contribution in [3.63, 3.8) is 0 Å². The van der Waals surface area contributed by atoms with Crippen LogP contribution in [0.2, 0.25) is 0 Å². The number of anilines is 1. The number of benzene rings is 2. The van der Waals surface area contributed by atoms with Crippen LogP contribution in [0.3, 0.4) is 0 Å². The molecule has 3 rings (SSSR count). The number of nitro benzene ring substituents is 1. The molecule has 1 aliphatic rings. The Labute approximate surface area is 146 Å². The van der Waals surface area contributed by atoms with Gasteiger partial charge in [0, 0.05) is 18.7 Å². The molecule has 0 bridgehead atoms. The number of rotatable bonds is 7. The van der Waals surface area contributed by atoms with Crippen LogP contribution < -0.4 is 10.5 Å². The van der Waals surface area contributed by atoms with Gasteiger partial charge in [-0.2, -0.15) is 0 Å². The zero-order chi connectivity index (χ0) is 18.1. The molecule has 0 heterocycles. The number of non-ortho nitro benzene ring substituents is 1. The summed E-state index contributed by atoms with van der Waals surface area (Å²) < 4.78 is 23.5. The number of nitrogens with two attached hydrogens (primary N) is 1. The maximum Gasteiger partial charge on any atom is 0.270 e. The second-order valence-corrected chi connectivity index (χ2v) is 8.03. The van der Waals surface area contributed by atoms with Crippen LogP contribution in [-0.2, 0) is 16.4 Å². The maximum absolute atomic E-state index is 11.8. The number of nitrogens with one attached hydrogen (secondary N) is 1. The number of hydrogen-bond donors (Lipinski definition) is 2. The zero-order valence-electron chi connectivity index (χ0n) is 13.5. The Balaban J connectivity index is 1.78. The van der Waals surface area contributed by atoms with Gasteiger partial charge in [0.15, 0.2) is 0 Å². The van der Waals surface area contributed by atoms with Crippen molar-refractivity contribution in [2.45, 2.75) is 24.2 Å². The molecule has 0 aliphatic heterocycles. The van der Waals surface area contributed by atoms with E-state index in [0.717, 1.165) is 25.3 Å². The Morgan fingerprint density at radius 3 is 2.40 bits per heavy atom. The molecule has 132 valence electrons. The summed E-state index contributed by atoms with van der Waals surface area (Å²) in [5.74, 6) is 0. The van der Waals surface area contributed by atoms with E-state index in [4.69, 9.17) is 5.14 Å². The highest BCUT2D eigenvalue weighted by atomic mass is 32.2. The topological polar surface area (TPSA) is 115 Å². The van der Waals surface area contributed by atoms with Crippen molar-refractivity contribution >= 4 is 21.4 Å². The standard InChI is InChI=1S/C17H19N3O4S/c18-25(23,24)16-10-14(20(21)22)6-7-15(16)19-12-17(8-9-17)11-13-4-2-1-3-5-13/h1-7,10,19H,8-9,11-12H2,(H2,18,23,24). The largest absolute Gasteiger partial charge is 0.383 e. The van der Waals surface area contributed by atoms with Gasteiger partial charge in [0.1, 0.15) is 4.90 Å². The van der Waals surface area contributed by atoms with Gasteiger partial charge in [-0.3, -0.25) is 10.1 Å². The molecule has 2 aromatic rings. The summed E-state index contributed by atoms with van der Waals surface area (Å²) in [6.45, 7) is 0.586. The molecule has 1 saturated carbocycles. The molecule has 0 unspecified atom stereocenters. The Hall–Kier alpha value is -2.45. The van der Waals surface area contributed by atoms with E-state index in [1.807, 2.05) is 18.2 Å². The average Bonchev–Trinajstić information content (AvgIpc) is 3.32. The molecule has 0 aromatic heterocycles. The molecule has 7 nitrogen and oxygen atoms in total. The van der Waals surface area contributed by atoms with E-state index in [1.54, 1.807) is 0 Å². The summed E-state index contributed by atoms with van der Waals surface area (Å²) in [4.78, 5) is 9.98. The SMILES string of the molecule is NS(=O)(=O)c1cc([N+](=O)[O-])ccc1NCC1(Cc2ccccc2)CC1. The quantitative estimate of drug-likeness (QED) is 0.581. The van der Waals surface area contributed by atoms with E-state index in [1.165, 1.54) is 17.7 Å². The lowest BCUT2D eigenvalue weighted by Crippen LogP contribution is -2.21. The molecule has 8 heteroatoms. The third-order valence-electron chi connectivity index (χ3n) is 4.52. The highest BCUT2D eigenvalue weighted by Crippen LogP contribution is 2.48. The van der Waals surface area contributed by atoms with Crippen LogP contribution in [0.4, 0.5) is 11.4 Å². The Kier molecular flexibility index (Phi) is 4.49. The van der Waals surface area contributed by atoms with Gasteiger partial charge >= 0.3 is 0 Å². The molecule has 0 spiro atoms. The zero-order valence-corrected chi connectivity index (χ0v) is 14.3. The van der Waals surface area contributed by atoms with E-state index in [2.05, 4.69) is 17.4 Å². The van der Waals surface area contributed by atoms with Gasteiger partial charge in [-0.25, -0.2) is 13.6 Å². The van der Waals surface area contributed by atoms with E-state index in [0.29, 0.717) is 12.2 Å². The van der Waals surface area contributed by atoms with Crippen molar-refractivity contribution in [2.24, 2.45) is 10.6 Å². The van der Waals surface area contributed by atoms with Gasteiger partial charge in [0.05, 0.1) is 10.6 Å². The molecule has 0 saturated heterocycles. The maximum atomic E-state index is 11.8. The molecule has 1 fully saturated rings. The Morgan fingerprint density at radius 1 is 1.16 bits per heavy atom. The number of nitrogens with zero attached hydrogens (tertiary/aromatic N) is 1. The minimum absolute atomic E-state index is 0.0821. The molecule has 3 N–H and O–H groups in total. The van der Waals surface area contributed by atoms with E-state index >= 15 is 0 Å². The molecule has 1 aliphatic carbocycles. The Morgan fingerprint density at radius 2 is 1.84 bits per heavy atom. The third kappa shape index (κ3) is 4.15. The summed E-state index contributed by atoms with van der Waals surface area (Å²) in [5, 5.41) is 19.2. The second kappa shape index (κ2) is 6.45. The summed E-state index contributed by atoms with van der Waals surface area (Å²) in [7, 11) is -4.06. The van der Waals surface area contributed by atoms with Gasteiger partial charge in [-0.05, 0) is 36.3 Å². The highest BCUT2D eigenvalue weighted by Gasteiger charge is 2.42. The number of sulfonamides is 1. The van der Waals surface area contributed by atoms with Crippen LogP contribution in [0.25, 0.3) is 0 Å². The lowest BCUT2D eigenvalue weighted by Gasteiger charge is -2.18. The molecule has 0 amide bonds. The van der Waals surface area contributed by atoms with Gasteiger partial charge in [-0.15, -0.1) is 0 Å². The summed E-state index contributed by atoms with van der Waals surface area (Å²) in [5.41, 5.74) is 1.31. The van der Waals surface area contributed by atoms with Crippen LogP contribution in [-0.4, -0.2) is 19.9 Å². The van der Waals surface area contributed by atoms with Crippen molar-refractivity contribution in [2.75, 3.05) is 11.9 Å². The summed E-state index contributed by atoms with van der Waals surface area (Å²) in [6.07, 6.45) is 3.00. The minimum Gasteiger partial charge on any atom is -0.383 e. The predicted octanol–water partition coefficient (Wildman–Crippen LogP) is 2.68. The second-order valence-electron chi connectivity index (χ2n) is 6.50. The van der Waals surface area contributed by atoms with Crippen LogP contribution in [0.1, 0.15) is 18.4 Å². The third-order valence-corrected chi connectivity index (χ3v) is 5.47. The molecule has 0 atom stereocenters. The van der Waals surface area contributed by atoms with Crippen molar-refractivity contribution in [3.05, 3.63) is 64.2 Å². The van der Waals surface area contributed by atoms with Gasteiger partial charge < -0.3 is 5.32 Å². The first-order valence-electron chi connectivity index (χ1n) is 7.88. The van der Waals surface area contributed by atoms with Gasteiger partial charge in [-0.1, -0.05) is 30.3 Å². The fraction of sp³-hybridized carbons (Fsp3) is 0.294.